The van der Waals surface area contributed by atoms with Crippen molar-refractivity contribution in [3.63, 3.8) is 0 Å². The third-order valence-electron chi connectivity index (χ3n) is 3.55. The molecule has 18 heavy (non-hydrogen) atoms. The molecule has 4 heteroatoms. The minimum Gasteiger partial charge on any atom is -0.399 e. The molecule has 98 valence electrons. The molecule has 0 saturated heterocycles. The van der Waals surface area contributed by atoms with Crippen molar-refractivity contribution in [1.29, 1.82) is 0 Å². The van der Waals surface area contributed by atoms with E-state index in [9.17, 15) is 9.18 Å². The molecule has 2 rings (SSSR count). The van der Waals surface area contributed by atoms with Crippen LogP contribution in [0.4, 0.5) is 10.1 Å². The number of halogens is 1. The van der Waals surface area contributed by atoms with Gasteiger partial charge in [-0.1, -0.05) is 25.7 Å². The molecule has 0 bridgehead atoms. The zero-order valence-electron chi connectivity index (χ0n) is 10.4. The van der Waals surface area contributed by atoms with Crippen LogP contribution in [0.25, 0.3) is 0 Å². The number of hydrogen-bond donors (Lipinski definition) is 2. The normalized spacial score (nSPS) is 15.8. The Morgan fingerprint density at radius 1 is 1.39 bits per heavy atom. The van der Waals surface area contributed by atoms with Crippen LogP contribution in [0, 0.1) is 11.7 Å². The van der Waals surface area contributed by atoms with Crippen molar-refractivity contribution in [3.05, 3.63) is 29.6 Å². The van der Waals surface area contributed by atoms with Gasteiger partial charge in [0, 0.05) is 12.2 Å². The Labute approximate surface area is 107 Å². The maximum absolute atomic E-state index is 13.5. The largest absolute Gasteiger partial charge is 0.399 e. The van der Waals surface area contributed by atoms with E-state index in [1.54, 1.807) is 0 Å². The SMILES string of the molecule is Nc1ccc(C(=O)NCCC2CCCC2)c(F)c1. The number of nitrogens with one attached hydrogen (secondary N) is 1. The molecule has 0 aliphatic heterocycles. The van der Waals surface area contributed by atoms with Gasteiger partial charge in [0.1, 0.15) is 5.82 Å². The number of benzene rings is 1. The molecule has 0 heterocycles. The average molecular weight is 250 g/mol. The first kappa shape index (κ1) is 12.9. The van der Waals surface area contributed by atoms with Crippen LogP contribution in [0.15, 0.2) is 18.2 Å². The van der Waals surface area contributed by atoms with Crippen LogP contribution in [-0.2, 0) is 0 Å². The van der Waals surface area contributed by atoms with Crippen molar-refractivity contribution in [2.24, 2.45) is 5.92 Å². The van der Waals surface area contributed by atoms with Gasteiger partial charge in [0.15, 0.2) is 0 Å². The third-order valence-corrected chi connectivity index (χ3v) is 3.55. The molecule has 0 atom stereocenters. The molecule has 0 unspecified atom stereocenters. The fraction of sp³-hybridized carbons (Fsp3) is 0.500. The third kappa shape index (κ3) is 3.22. The molecule has 1 aliphatic rings. The summed E-state index contributed by atoms with van der Waals surface area (Å²) in [6, 6.07) is 4.14. The van der Waals surface area contributed by atoms with Crippen LogP contribution in [0.2, 0.25) is 0 Å². The van der Waals surface area contributed by atoms with E-state index in [1.807, 2.05) is 0 Å². The van der Waals surface area contributed by atoms with E-state index in [4.69, 9.17) is 5.73 Å². The fourth-order valence-corrected chi connectivity index (χ4v) is 2.50. The van der Waals surface area contributed by atoms with Gasteiger partial charge in [-0.15, -0.1) is 0 Å². The predicted molar refractivity (Wildman–Crippen MR) is 69.7 cm³/mol. The van der Waals surface area contributed by atoms with Crippen LogP contribution in [-0.4, -0.2) is 12.5 Å². The zero-order chi connectivity index (χ0) is 13.0. The summed E-state index contributed by atoms with van der Waals surface area (Å²) in [7, 11) is 0. The average Bonchev–Trinajstić information content (AvgIpc) is 2.81. The summed E-state index contributed by atoms with van der Waals surface area (Å²) in [5.41, 5.74) is 5.83. The Hall–Kier alpha value is -1.58. The second-order valence-electron chi connectivity index (χ2n) is 4.93. The molecule has 1 fully saturated rings. The lowest BCUT2D eigenvalue weighted by atomic mass is 10.0. The number of nitrogen functional groups attached to an aromatic ring is 1. The van der Waals surface area contributed by atoms with Crippen LogP contribution in [0.5, 0.6) is 0 Å². The lowest BCUT2D eigenvalue weighted by Gasteiger charge is -2.10. The van der Waals surface area contributed by atoms with E-state index in [2.05, 4.69) is 5.32 Å². The van der Waals surface area contributed by atoms with Crippen molar-refractivity contribution in [2.75, 3.05) is 12.3 Å². The van der Waals surface area contributed by atoms with E-state index >= 15 is 0 Å². The van der Waals surface area contributed by atoms with E-state index in [0.717, 1.165) is 12.3 Å². The van der Waals surface area contributed by atoms with E-state index in [-0.39, 0.29) is 11.5 Å². The Kier molecular flexibility index (Phi) is 4.18. The number of amides is 1. The Morgan fingerprint density at radius 3 is 2.78 bits per heavy atom. The highest BCUT2D eigenvalue weighted by atomic mass is 19.1. The number of anilines is 1. The molecular formula is C14H19FN2O. The van der Waals surface area contributed by atoms with Gasteiger partial charge in [-0.05, 0) is 30.5 Å². The quantitative estimate of drug-likeness (QED) is 0.807. The number of rotatable bonds is 4. The van der Waals surface area contributed by atoms with Crippen LogP contribution >= 0.6 is 0 Å². The first-order valence-corrected chi connectivity index (χ1v) is 6.50. The first-order valence-electron chi connectivity index (χ1n) is 6.50. The van der Waals surface area contributed by atoms with Crippen LogP contribution in [0.1, 0.15) is 42.5 Å². The Morgan fingerprint density at radius 2 is 2.11 bits per heavy atom. The summed E-state index contributed by atoms with van der Waals surface area (Å²) < 4.78 is 13.5. The molecule has 1 saturated carbocycles. The molecule has 0 spiro atoms. The summed E-state index contributed by atoms with van der Waals surface area (Å²) in [6.45, 7) is 0.618. The lowest BCUT2D eigenvalue weighted by Crippen LogP contribution is -2.26. The summed E-state index contributed by atoms with van der Waals surface area (Å²) in [5, 5.41) is 2.77. The summed E-state index contributed by atoms with van der Waals surface area (Å²) >= 11 is 0. The highest BCUT2D eigenvalue weighted by molar-refractivity contribution is 5.94. The molecule has 1 aromatic carbocycles. The van der Waals surface area contributed by atoms with Gasteiger partial charge in [-0.25, -0.2) is 4.39 Å². The molecule has 1 aromatic rings. The van der Waals surface area contributed by atoms with Crippen molar-refractivity contribution >= 4 is 11.6 Å². The van der Waals surface area contributed by atoms with Gasteiger partial charge in [-0.3, -0.25) is 4.79 Å². The number of carbonyl (C=O) groups excluding carboxylic acids is 1. The summed E-state index contributed by atoms with van der Waals surface area (Å²) in [5.74, 6) is -0.194. The van der Waals surface area contributed by atoms with Crippen LogP contribution < -0.4 is 11.1 Å². The molecule has 3 N–H and O–H groups in total. The Balaban J connectivity index is 1.83. The second kappa shape index (κ2) is 5.85. The van der Waals surface area contributed by atoms with Gasteiger partial charge in [-0.2, -0.15) is 0 Å². The summed E-state index contributed by atoms with van der Waals surface area (Å²) in [4.78, 5) is 11.8. The van der Waals surface area contributed by atoms with E-state index in [1.165, 1.54) is 43.9 Å². The maximum atomic E-state index is 13.5. The Bertz CT molecular complexity index is 428. The maximum Gasteiger partial charge on any atom is 0.254 e. The van der Waals surface area contributed by atoms with Gasteiger partial charge in [0.05, 0.1) is 5.56 Å². The molecule has 1 amide bonds. The smallest absolute Gasteiger partial charge is 0.254 e. The standard InChI is InChI=1S/C14H19FN2O/c15-13-9-11(16)5-6-12(13)14(18)17-8-7-10-3-1-2-4-10/h5-6,9-10H,1-4,7-8,16H2,(H,17,18). The molecular weight excluding hydrogens is 231 g/mol. The molecule has 0 radical (unpaired) electrons. The monoisotopic (exact) mass is 250 g/mol. The molecule has 3 nitrogen and oxygen atoms in total. The first-order chi connectivity index (χ1) is 8.66. The highest BCUT2D eigenvalue weighted by Gasteiger charge is 2.16. The van der Waals surface area contributed by atoms with E-state index < -0.39 is 5.82 Å². The summed E-state index contributed by atoms with van der Waals surface area (Å²) in [6.07, 6.45) is 6.09. The fourth-order valence-electron chi connectivity index (χ4n) is 2.50. The topological polar surface area (TPSA) is 55.1 Å². The lowest BCUT2D eigenvalue weighted by molar-refractivity contribution is 0.0947. The van der Waals surface area contributed by atoms with Gasteiger partial charge >= 0.3 is 0 Å². The zero-order valence-corrected chi connectivity index (χ0v) is 10.4. The molecule has 0 aromatic heterocycles. The van der Waals surface area contributed by atoms with Crippen molar-refractivity contribution in [2.45, 2.75) is 32.1 Å². The second-order valence-corrected chi connectivity index (χ2v) is 4.93. The molecule has 1 aliphatic carbocycles. The highest BCUT2D eigenvalue weighted by Crippen LogP contribution is 2.26. The van der Waals surface area contributed by atoms with Gasteiger partial charge in [0.25, 0.3) is 5.91 Å². The van der Waals surface area contributed by atoms with Gasteiger partial charge < -0.3 is 11.1 Å². The number of carbonyl (C=O) groups is 1. The number of nitrogens with two attached hydrogens (primary N) is 1. The number of hydrogen-bond acceptors (Lipinski definition) is 2. The van der Waals surface area contributed by atoms with Crippen molar-refractivity contribution in [1.82, 2.24) is 5.32 Å². The van der Waals surface area contributed by atoms with E-state index in [0.29, 0.717) is 12.2 Å². The minimum atomic E-state index is -0.562. The minimum absolute atomic E-state index is 0.0654. The van der Waals surface area contributed by atoms with Crippen molar-refractivity contribution < 1.29 is 9.18 Å². The predicted octanol–water partition coefficient (Wildman–Crippen LogP) is 2.72. The van der Waals surface area contributed by atoms with Gasteiger partial charge in [0.2, 0.25) is 0 Å². The van der Waals surface area contributed by atoms with Crippen LogP contribution in [0.3, 0.4) is 0 Å². The van der Waals surface area contributed by atoms with Crippen molar-refractivity contribution in [3.8, 4) is 0 Å².